The number of Topliss-reactive ketones (excluding diaryl/α,β-unsaturated/α-hetero) is 1. The molecule has 3 heteroatoms. The number of ketones is 1. The van der Waals surface area contributed by atoms with Crippen LogP contribution >= 0.6 is 0 Å². The van der Waals surface area contributed by atoms with Gasteiger partial charge in [0, 0.05) is 5.56 Å². The molecule has 0 unspecified atom stereocenters. The molecule has 0 saturated carbocycles. The number of carbonyl (C=O) groups excluding carboxylic acids is 2. The summed E-state index contributed by atoms with van der Waals surface area (Å²) in [5.41, 5.74) is 1.33. The maximum atomic E-state index is 11.8. The first kappa shape index (κ1) is 12.3. The summed E-state index contributed by atoms with van der Waals surface area (Å²) in [6.45, 7) is 1.52. The molecule has 0 radical (unpaired) electrons. The molecule has 0 aliphatic heterocycles. The van der Waals surface area contributed by atoms with E-state index in [-0.39, 0.29) is 18.2 Å². The fraction of sp³-hybridized carbons (Fsp3) is 0.200. The molecule has 0 aromatic heterocycles. The maximum Gasteiger partial charge on any atom is 0.310 e. The number of hydrogen-bond acceptors (Lipinski definition) is 3. The van der Waals surface area contributed by atoms with Gasteiger partial charge < -0.3 is 4.74 Å². The number of ether oxygens (including phenoxy) is 1. The summed E-state index contributed by atoms with van der Waals surface area (Å²) in [5, 5.41) is 1.88. The largest absolute Gasteiger partial charge is 0.469 e. The highest BCUT2D eigenvalue weighted by Gasteiger charge is 2.14. The topological polar surface area (TPSA) is 43.4 Å². The lowest BCUT2D eigenvalue weighted by molar-refractivity contribution is -0.139. The zero-order valence-corrected chi connectivity index (χ0v) is 10.4. The number of fused-ring (bicyclic) bond motifs is 1. The molecule has 0 aliphatic rings. The van der Waals surface area contributed by atoms with Gasteiger partial charge in [-0.15, -0.1) is 0 Å². The van der Waals surface area contributed by atoms with Crippen LogP contribution in [0.1, 0.15) is 22.8 Å². The van der Waals surface area contributed by atoms with Crippen LogP contribution in [0.5, 0.6) is 0 Å². The minimum absolute atomic E-state index is 0.0364. The van der Waals surface area contributed by atoms with Gasteiger partial charge in [-0.2, -0.15) is 0 Å². The van der Waals surface area contributed by atoms with Crippen LogP contribution < -0.4 is 0 Å². The Hall–Kier alpha value is -2.16. The highest BCUT2D eigenvalue weighted by Crippen LogP contribution is 2.23. The maximum absolute atomic E-state index is 11.8. The van der Waals surface area contributed by atoms with Crippen molar-refractivity contribution in [3.63, 3.8) is 0 Å². The Morgan fingerprint density at radius 2 is 1.83 bits per heavy atom. The second kappa shape index (κ2) is 5.00. The van der Waals surface area contributed by atoms with Crippen molar-refractivity contribution in [2.75, 3.05) is 7.11 Å². The Morgan fingerprint density at radius 1 is 1.11 bits per heavy atom. The molecule has 0 amide bonds. The van der Waals surface area contributed by atoms with Crippen LogP contribution in [0.25, 0.3) is 10.8 Å². The predicted molar refractivity (Wildman–Crippen MR) is 69.7 cm³/mol. The number of carbonyl (C=O) groups is 2. The van der Waals surface area contributed by atoms with Gasteiger partial charge in [0.1, 0.15) is 0 Å². The molecule has 0 heterocycles. The van der Waals surface area contributed by atoms with Gasteiger partial charge >= 0.3 is 5.97 Å². The fourth-order valence-corrected chi connectivity index (χ4v) is 2.11. The lowest BCUT2D eigenvalue weighted by atomic mass is 9.95. The molecule has 0 fully saturated rings. The van der Waals surface area contributed by atoms with E-state index in [1.165, 1.54) is 14.0 Å². The van der Waals surface area contributed by atoms with Crippen molar-refractivity contribution < 1.29 is 14.3 Å². The standard InChI is InChI=1S/C15H14O3/c1-10(16)15-12(9-14(17)18-2)8-7-11-5-3-4-6-13(11)15/h3-8H,9H2,1-2H3. The second-order valence-corrected chi connectivity index (χ2v) is 4.13. The van der Waals surface area contributed by atoms with E-state index in [0.717, 1.165) is 10.8 Å². The highest BCUT2D eigenvalue weighted by atomic mass is 16.5. The predicted octanol–water partition coefficient (Wildman–Crippen LogP) is 2.76. The first-order chi connectivity index (χ1) is 8.63. The SMILES string of the molecule is COC(=O)Cc1ccc2ccccc2c1C(C)=O. The second-order valence-electron chi connectivity index (χ2n) is 4.13. The van der Waals surface area contributed by atoms with Crippen LogP contribution in [0.15, 0.2) is 36.4 Å². The van der Waals surface area contributed by atoms with Gasteiger partial charge in [-0.1, -0.05) is 36.4 Å². The Bertz CT molecular complexity index is 614. The average molecular weight is 242 g/mol. The van der Waals surface area contributed by atoms with Gasteiger partial charge in [0.25, 0.3) is 0 Å². The van der Waals surface area contributed by atoms with E-state index in [1.54, 1.807) is 0 Å². The van der Waals surface area contributed by atoms with E-state index in [1.807, 2.05) is 36.4 Å². The van der Waals surface area contributed by atoms with E-state index < -0.39 is 0 Å². The summed E-state index contributed by atoms with van der Waals surface area (Å²) in [6, 6.07) is 11.4. The van der Waals surface area contributed by atoms with Crippen molar-refractivity contribution >= 4 is 22.5 Å². The molecule has 0 bridgehead atoms. The van der Waals surface area contributed by atoms with Gasteiger partial charge in [-0.25, -0.2) is 0 Å². The van der Waals surface area contributed by atoms with Gasteiger partial charge in [-0.05, 0) is 23.3 Å². The average Bonchev–Trinajstić information content (AvgIpc) is 2.37. The fourth-order valence-electron chi connectivity index (χ4n) is 2.11. The highest BCUT2D eigenvalue weighted by molar-refractivity contribution is 6.08. The molecule has 0 N–H and O–H groups in total. The van der Waals surface area contributed by atoms with Crippen molar-refractivity contribution in [1.29, 1.82) is 0 Å². The van der Waals surface area contributed by atoms with E-state index in [9.17, 15) is 9.59 Å². The van der Waals surface area contributed by atoms with Crippen LogP contribution in [-0.2, 0) is 16.0 Å². The van der Waals surface area contributed by atoms with Crippen molar-refractivity contribution in [2.24, 2.45) is 0 Å². The third-order valence-electron chi connectivity index (χ3n) is 2.93. The van der Waals surface area contributed by atoms with Gasteiger partial charge in [-0.3, -0.25) is 9.59 Å². The van der Waals surface area contributed by atoms with Gasteiger partial charge in [0.2, 0.25) is 0 Å². The molecule has 0 saturated heterocycles. The number of hydrogen-bond donors (Lipinski definition) is 0. The van der Waals surface area contributed by atoms with Crippen molar-refractivity contribution in [1.82, 2.24) is 0 Å². The smallest absolute Gasteiger partial charge is 0.310 e. The lowest BCUT2D eigenvalue weighted by Crippen LogP contribution is -2.09. The molecule has 2 aromatic carbocycles. The van der Waals surface area contributed by atoms with E-state index in [0.29, 0.717) is 11.1 Å². The third-order valence-corrected chi connectivity index (χ3v) is 2.93. The van der Waals surface area contributed by atoms with Crippen LogP contribution in [0.3, 0.4) is 0 Å². The van der Waals surface area contributed by atoms with E-state index in [2.05, 4.69) is 4.74 Å². The van der Waals surface area contributed by atoms with Gasteiger partial charge in [0.05, 0.1) is 13.5 Å². The number of rotatable bonds is 3. The molecule has 2 aromatic rings. The van der Waals surface area contributed by atoms with Gasteiger partial charge in [0.15, 0.2) is 5.78 Å². The molecule has 18 heavy (non-hydrogen) atoms. The van der Waals surface area contributed by atoms with Crippen molar-refractivity contribution in [3.8, 4) is 0 Å². The summed E-state index contributed by atoms with van der Waals surface area (Å²) in [5.74, 6) is -0.376. The molecule has 2 rings (SSSR count). The Morgan fingerprint density at radius 3 is 2.50 bits per heavy atom. The summed E-state index contributed by atoms with van der Waals surface area (Å²) in [6.07, 6.45) is 0.121. The molecule has 0 spiro atoms. The first-order valence-electron chi connectivity index (χ1n) is 5.72. The molecule has 3 nitrogen and oxygen atoms in total. The zero-order valence-electron chi connectivity index (χ0n) is 10.4. The minimum atomic E-state index is -0.340. The first-order valence-corrected chi connectivity index (χ1v) is 5.72. The van der Waals surface area contributed by atoms with Crippen molar-refractivity contribution in [3.05, 3.63) is 47.5 Å². The van der Waals surface area contributed by atoms with E-state index in [4.69, 9.17) is 0 Å². The summed E-state index contributed by atoms with van der Waals surface area (Å²) >= 11 is 0. The minimum Gasteiger partial charge on any atom is -0.469 e. The summed E-state index contributed by atoms with van der Waals surface area (Å²) in [4.78, 5) is 23.2. The third kappa shape index (κ3) is 2.25. The summed E-state index contributed by atoms with van der Waals surface area (Å²) < 4.78 is 4.65. The monoisotopic (exact) mass is 242 g/mol. The Balaban J connectivity index is 2.63. The molecular weight excluding hydrogens is 228 g/mol. The van der Waals surface area contributed by atoms with Crippen LogP contribution in [0, 0.1) is 0 Å². The van der Waals surface area contributed by atoms with Crippen LogP contribution in [-0.4, -0.2) is 18.9 Å². The number of benzene rings is 2. The Kier molecular flexibility index (Phi) is 3.42. The molecule has 92 valence electrons. The quantitative estimate of drug-likeness (QED) is 0.614. The van der Waals surface area contributed by atoms with Crippen LogP contribution in [0.2, 0.25) is 0 Å². The summed E-state index contributed by atoms with van der Waals surface area (Å²) in [7, 11) is 1.34. The number of methoxy groups -OCH3 is 1. The Labute approximate surface area is 105 Å². The molecular formula is C15H14O3. The molecule has 0 aliphatic carbocycles. The molecule has 0 atom stereocenters. The lowest BCUT2D eigenvalue weighted by Gasteiger charge is -2.09. The zero-order chi connectivity index (χ0) is 13.1. The van der Waals surface area contributed by atoms with E-state index >= 15 is 0 Å². The van der Waals surface area contributed by atoms with Crippen LogP contribution in [0.4, 0.5) is 0 Å². The number of esters is 1. The van der Waals surface area contributed by atoms with Crippen molar-refractivity contribution in [2.45, 2.75) is 13.3 Å². The normalized spacial score (nSPS) is 10.3.